The lowest BCUT2D eigenvalue weighted by Gasteiger charge is -2.25. The number of nitrogens with zero attached hydrogens (tertiary/aromatic N) is 4. The fourth-order valence-corrected chi connectivity index (χ4v) is 3.04. The molecule has 29 heavy (non-hydrogen) atoms. The maximum absolute atomic E-state index is 12.3. The SMILES string of the molecule is O=C(CN1CCOCC1)Nc1cccc(Nc2nccc(-c3ccccn3)n2)c1. The summed E-state index contributed by atoms with van der Waals surface area (Å²) < 4.78 is 5.31. The van der Waals surface area contributed by atoms with Gasteiger partial charge in [-0.05, 0) is 36.4 Å². The minimum atomic E-state index is -0.0440. The second-order valence-corrected chi connectivity index (χ2v) is 6.62. The summed E-state index contributed by atoms with van der Waals surface area (Å²) in [7, 11) is 0. The van der Waals surface area contributed by atoms with Crippen molar-refractivity contribution in [3.8, 4) is 11.4 Å². The van der Waals surface area contributed by atoms with Crippen LogP contribution in [0.3, 0.4) is 0 Å². The van der Waals surface area contributed by atoms with Gasteiger partial charge < -0.3 is 15.4 Å². The van der Waals surface area contributed by atoms with Crippen LogP contribution in [-0.2, 0) is 9.53 Å². The molecule has 1 aliphatic heterocycles. The molecule has 2 N–H and O–H groups in total. The summed E-state index contributed by atoms with van der Waals surface area (Å²) in [6.45, 7) is 3.25. The molecule has 3 heterocycles. The highest BCUT2D eigenvalue weighted by molar-refractivity contribution is 5.92. The Hall–Kier alpha value is -3.36. The Morgan fingerprint density at radius 3 is 2.66 bits per heavy atom. The lowest BCUT2D eigenvalue weighted by Crippen LogP contribution is -2.41. The van der Waals surface area contributed by atoms with E-state index in [1.54, 1.807) is 12.4 Å². The van der Waals surface area contributed by atoms with E-state index in [4.69, 9.17) is 4.74 Å². The molecular formula is C21H22N6O2. The number of rotatable bonds is 6. The van der Waals surface area contributed by atoms with Gasteiger partial charge in [0.05, 0.1) is 31.1 Å². The standard InChI is InChI=1S/C21H22N6O2/c28-20(15-27-10-12-29-13-11-27)24-16-4-3-5-17(14-16)25-21-23-9-7-19(26-21)18-6-1-2-8-22-18/h1-9,14H,10-13,15H2,(H,24,28)(H,23,25,26). The lowest BCUT2D eigenvalue weighted by molar-refractivity contribution is -0.118. The van der Waals surface area contributed by atoms with Gasteiger partial charge in [0, 0.05) is 36.9 Å². The summed E-state index contributed by atoms with van der Waals surface area (Å²) in [5.74, 6) is 0.419. The molecule has 1 amide bonds. The van der Waals surface area contributed by atoms with Crippen LogP contribution in [0.25, 0.3) is 11.4 Å². The third kappa shape index (κ3) is 5.34. The number of carbonyl (C=O) groups excluding carboxylic acids is 1. The largest absolute Gasteiger partial charge is 0.379 e. The highest BCUT2D eigenvalue weighted by atomic mass is 16.5. The van der Waals surface area contributed by atoms with Gasteiger partial charge in [0.2, 0.25) is 11.9 Å². The van der Waals surface area contributed by atoms with Crippen LogP contribution in [0, 0.1) is 0 Å². The van der Waals surface area contributed by atoms with Crippen molar-refractivity contribution in [3.63, 3.8) is 0 Å². The van der Waals surface area contributed by atoms with Crippen molar-refractivity contribution in [2.45, 2.75) is 0 Å². The van der Waals surface area contributed by atoms with Gasteiger partial charge in [0.15, 0.2) is 0 Å². The zero-order valence-corrected chi connectivity index (χ0v) is 15.9. The number of amides is 1. The smallest absolute Gasteiger partial charge is 0.238 e. The molecule has 0 spiro atoms. The summed E-state index contributed by atoms with van der Waals surface area (Å²) in [6.07, 6.45) is 3.42. The molecular weight excluding hydrogens is 368 g/mol. The first-order chi connectivity index (χ1) is 14.3. The Morgan fingerprint density at radius 2 is 1.83 bits per heavy atom. The van der Waals surface area contributed by atoms with Gasteiger partial charge in [0.1, 0.15) is 0 Å². The number of pyridine rings is 1. The average molecular weight is 390 g/mol. The van der Waals surface area contributed by atoms with Crippen LogP contribution < -0.4 is 10.6 Å². The number of anilines is 3. The van der Waals surface area contributed by atoms with E-state index in [0.29, 0.717) is 31.4 Å². The van der Waals surface area contributed by atoms with Crippen molar-refractivity contribution in [1.82, 2.24) is 19.9 Å². The number of morpholine rings is 1. The average Bonchev–Trinajstić information content (AvgIpc) is 2.75. The molecule has 4 rings (SSSR count). The van der Waals surface area contributed by atoms with Gasteiger partial charge in [-0.25, -0.2) is 9.97 Å². The molecule has 2 aromatic heterocycles. The summed E-state index contributed by atoms with van der Waals surface area (Å²) in [5, 5.41) is 6.12. The van der Waals surface area contributed by atoms with Gasteiger partial charge in [-0.3, -0.25) is 14.7 Å². The van der Waals surface area contributed by atoms with Crippen LogP contribution >= 0.6 is 0 Å². The fraction of sp³-hybridized carbons (Fsp3) is 0.238. The summed E-state index contributed by atoms with van der Waals surface area (Å²) in [4.78, 5) is 27.5. The normalized spacial score (nSPS) is 14.3. The molecule has 1 aromatic carbocycles. The second-order valence-electron chi connectivity index (χ2n) is 6.62. The van der Waals surface area contributed by atoms with Gasteiger partial charge in [-0.2, -0.15) is 0 Å². The highest BCUT2D eigenvalue weighted by Gasteiger charge is 2.14. The van der Waals surface area contributed by atoms with Crippen LogP contribution in [0.15, 0.2) is 60.9 Å². The maximum atomic E-state index is 12.3. The van der Waals surface area contributed by atoms with Crippen LogP contribution in [0.5, 0.6) is 0 Å². The number of carbonyl (C=O) groups is 1. The van der Waals surface area contributed by atoms with Crippen molar-refractivity contribution < 1.29 is 9.53 Å². The third-order valence-corrected chi connectivity index (χ3v) is 4.46. The molecule has 0 aliphatic carbocycles. The van der Waals surface area contributed by atoms with E-state index in [1.807, 2.05) is 48.5 Å². The Morgan fingerprint density at radius 1 is 0.966 bits per heavy atom. The van der Waals surface area contributed by atoms with E-state index in [0.717, 1.165) is 30.2 Å². The summed E-state index contributed by atoms with van der Waals surface area (Å²) >= 11 is 0. The van der Waals surface area contributed by atoms with E-state index in [2.05, 4.69) is 30.5 Å². The highest BCUT2D eigenvalue weighted by Crippen LogP contribution is 2.20. The molecule has 1 saturated heterocycles. The Labute approximate surface area is 169 Å². The molecule has 3 aromatic rings. The van der Waals surface area contributed by atoms with E-state index in [9.17, 15) is 4.79 Å². The van der Waals surface area contributed by atoms with Crippen LogP contribution in [0.2, 0.25) is 0 Å². The summed E-state index contributed by atoms with van der Waals surface area (Å²) in [6, 6.07) is 15.0. The van der Waals surface area contributed by atoms with Crippen LogP contribution in [-0.4, -0.2) is 58.6 Å². The number of aromatic nitrogens is 3. The molecule has 0 unspecified atom stereocenters. The van der Waals surface area contributed by atoms with Gasteiger partial charge in [-0.1, -0.05) is 12.1 Å². The van der Waals surface area contributed by atoms with E-state index < -0.39 is 0 Å². The van der Waals surface area contributed by atoms with Crippen molar-refractivity contribution >= 4 is 23.2 Å². The third-order valence-electron chi connectivity index (χ3n) is 4.46. The van der Waals surface area contributed by atoms with Crippen LogP contribution in [0.4, 0.5) is 17.3 Å². The summed E-state index contributed by atoms with van der Waals surface area (Å²) in [5.41, 5.74) is 3.02. The first-order valence-electron chi connectivity index (χ1n) is 9.48. The minimum absolute atomic E-state index is 0.0440. The lowest BCUT2D eigenvalue weighted by atomic mass is 10.2. The van der Waals surface area contributed by atoms with Crippen molar-refractivity contribution in [2.24, 2.45) is 0 Å². The Bertz CT molecular complexity index is 960. The van der Waals surface area contributed by atoms with E-state index >= 15 is 0 Å². The molecule has 0 bridgehead atoms. The van der Waals surface area contributed by atoms with Crippen LogP contribution in [0.1, 0.15) is 0 Å². The molecule has 0 atom stereocenters. The van der Waals surface area contributed by atoms with Gasteiger partial charge in [-0.15, -0.1) is 0 Å². The van der Waals surface area contributed by atoms with Crippen molar-refractivity contribution in [1.29, 1.82) is 0 Å². The monoisotopic (exact) mass is 390 g/mol. The van der Waals surface area contributed by atoms with Crippen molar-refractivity contribution in [2.75, 3.05) is 43.5 Å². The molecule has 1 fully saturated rings. The van der Waals surface area contributed by atoms with Crippen molar-refractivity contribution in [3.05, 3.63) is 60.9 Å². The van der Waals surface area contributed by atoms with Gasteiger partial charge in [0.25, 0.3) is 0 Å². The zero-order valence-electron chi connectivity index (χ0n) is 15.9. The Balaban J connectivity index is 1.40. The predicted octanol–water partition coefficient (Wildman–Crippen LogP) is 2.55. The number of benzene rings is 1. The number of hydrogen-bond acceptors (Lipinski definition) is 7. The number of ether oxygens (including phenoxy) is 1. The first kappa shape index (κ1) is 19.0. The first-order valence-corrected chi connectivity index (χ1v) is 9.48. The van der Waals surface area contributed by atoms with E-state index in [1.165, 1.54) is 0 Å². The Kier molecular flexibility index (Phi) is 6.04. The number of hydrogen-bond donors (Lipinski definition) is 2. The molecule has 8 heteroatoms. The molecule has 148 valence electrons. The topological polar surface area (TPSA) is 92.3 Å². The molecule has 0 saturated carbocycles. The van der Waals surface area contributed by atoms with Gasteiger partial charge >= 0.3 is 0 Å². The zero-order chi connectivity index (χ0) is 19.9. The molecule has 8 nitrogen and oxygen atoms in total. The minimum Gasteiger partial charge on any atom is -0.379 e. The fourth-order valence-electron chi connectivity index (χ4n) is 3.04. The number of nitrogens with one attached hydrogen (secondary N) is 2. The quantitative estimate of drug-likeness (QED) is 0.668. The molecule has 0 radical (unpaired) electrons. The maximum Gasteiger partial charge on any atom is 0.238 e. The predicted molar refractivity (Wildman–Crippen MR) is 111 cm³/mol. The van der Waals surface area contributed by atoms with E-state index in [-0.39, 0.29) is 5.91 Å². The molecule has 1 aliphatic rings. The second kappa shape index (κ2) is 9.22.